The Morgan fingerprint density at radius 2 is 1.89 bits per heavy atom. The Hall–Kier alpha value is 0.630. The molecule has 3 heteroatoms. The van der Waals surface area contributed by atoms with Gasteiger partial charge in [0, 0.05) is 0 Å². The third-order valence-electron chi connectivity index (χ3n) is 1.23. The van der Waals surface area contributed by atoms with Crippen LogP contribution < -0.4 is 29.6 Å². The van der Waals surface area contributed by atoms with Gasteiger partial charge in [0.15, 0.2) is 0 Å². The molecule has 0 aromatic heterocycles. The van der Waals surface area contributed by atoms with Crippen molar-refractivity contribution in [1.82, 2.24) is 4.90 Å². The monoisotopic (exact) mass is 139 g/mol. The molecule has 0 amide bonds. The molecular weight excluding hydrogens is 125 g/mol. The van der Waals surface area contributed by atoms with Gasteiger partial charge in [-0.25, -0.2) is 0 Å². The van der Waals surface area contributed by atoms with Gasteiger partial charge in [0.1, 0.15) is 6.29 Å². The summed E-state index contributed by atoms with van der Waals surface area (Å²) in [5, 5.41) is 0. The molecule has 0 saturated heterocycles. The van der Waals surface area contributed by atoms with Gasteiger partial charge < -0.3 is 6.22 Å². The van der Waals surface area contributed by atoms with Crippen LogP contribution in [0.1, 0.15) is 15.3 Å². The van der Waals surface area contributed by atoms with Gasteiger partial charge in [-0.05, 0) is 13.1 Å². The van der Waals surface area contributed by atoms with Crippen molar-refractivity contribution in [2.24, 2.45) is 0 Å². The third-order valence-corrected chi connectivity index (χ3v) is 1.23. The molecule has 50 valence electrons. The minimum absolute atomic E-state index is 0. The van der Waals surface area contributed by atoms with E-state index in [1.54, 1.807) is 0 Å². The van der Waals surface area contributed by atoms with Gasteiger partial charge in [0.2, 0.25) is 0 Å². The minimum Gasteiger partial charge on any atom is -1.00 e. The van der Waals surface area contributed by atoms with Gasteiger partial charge in [0.25, 0.3) is 0 Å². The molecule has 0 N–H and O–H groups in total. The number of rotatable bonds is 4. The molecule has 0 spiro atoms. The molecule has 2 nitrogen and oxygen atoms in total. The smallest absolute Gasteiger partial charge is 1.00 e. The van der Waals surface area contributed by atoms with E-state index < -0.39 is 0 Å². The minimum atomic E-state index is 0. The van der Waals surface area contributed by atoms with E-state index in [9.17, 15) is 4.79 Å². The number of likely N-dealkylation sites (N-methyl/N-ethyl adjacent to an activating group) is 1. The Balaban J connectivity index is -0.000000245. The maximum atomic E-state index is 9.89. The van der Waals surface area contributed by atoms with Crippen molar-refractivity contribution in [2.45, 2.75) is 13.8 Å². The van der Waals surface area contributed by atoms with Crippen molar-refractivity contribution in [1.29, 1.82) is 0 Å². The summed E-state index contributed by atoms with van der Waals surface area (Å²) in [6.07, 6.45) is 0.938. The molecule has 0 aromatic rings. The summed E-state index contributed by atoms with van der Waals surface area (Å²) in [5.74, 6) is 0. The largest absolute Gasteiger partial charge is 1.00 e. The molecule has 0 unspecified atom stereocenters. The first-order valence-corrected chi connectivity index (χ1v) is 3.01. The average molecular weight is 139 g/mol. The summed E-state index contributed by atoms with van der Waals surface area (Å²) in [7, 11) is 0. The molecule has 0 heterocycles. The van der Waals surface area contributed by atoms with Gasteiger partial charge >= 0.3 is 29.6 Å². The van der Waals surface area contributed by atoms with E-state index in [2.05, 4.69) is 4.90 Å². The van der Waals surface area contributed by atoms with Crippen LogP contribution in [0.4, 0.5) is 0 Å². The standard InChI is InChI=1S/C6H13NO.Na.H/c1-3-7(4-2)5-6-8;;/h6H,3-5H2,1-2H3;;/q;+1;-1. The second-order valence-electron chi connectivity index (χ2n) is 1.65. The van der Waals surface area contributed by atoms with Crippen LogP contribution in [-0.4, -0.2) is 30.8 Å². The molecule has 0 radical (unpaired) electrons. The Morgan fingerprint density at radius 3 is 2.00 bits per heavy atom. The second kappa shape index (κ2) is 8.63. The fourth-order valence-corrected chi connectivity index (χ4v) is 0.587. The first-order chi connectivity index (χ1) is 3.85. The normalized spacial score (nSPS) is 8.78. The van der Waals surface area contributed by atoms with Gasteiger partial charge in [-0.1, -0.05) is 13.8 Å². The molecule has 0 bridgehead atoms. The molecule has 0 aliphatic carbocycles. The summed E-state index contributed by atoms with van der Waals surface area (Å²) < 4.78 is 0. The number of hydrogen-bond acceptors (Lipinski definition) is 2. The van der Waals surface area contributed by atoms with Crippen molar-refractivity contribution in [3.05, 3.63) is 0 Å². The summed E-state index contributed by atoms with van der Waals surface area (Å²) in [5.41, 5.74) is 0. The van der Waals surface area contributed by atoms with Crippen LogP contribution in [-0.2, 0) is 4.79 Å². The van der Waals surface area contributed by atoms with Crippen molar-refractivity contribution in [2.75, 3.05) is 19.6 Å². The molecule has 0 rings (SSSR count). The van der Waals surface area contributed by atoms with E-state index in [1.165, 1.54) is 0 Å². The van der Waals surface area contributed by atoms with E-state index in [0.717, 1.165) is 19.4 Å². The van der Waals surface area contributed by atoms with E-state index in [0.29, 0.717) is 6.54 Å². The van der Waals surface area contributed by atoms with Crippen LogP contribution in [0.5, 0.6) is 0 Å². The SMILES string of the molecule is CCN(CC)CC=O.[H-].[Na+]. The zero-order chi connectivity index (χ0) is 6.41. The predicted molar refractivity (Wildman–Crippen MR) is 35.0 cm³/mol. The van der Waals surface area contributed by atoms with E-state index in [4.69, 9.17) is 0 Å². The van der Waals surface area contributed by atoms with Crippen LogP contribution in [0.15, 0.2) is 0 Å². The summed E-state index contributed by atoms with van der Waals surface area (Å²) >= 11 is 0. The molecule has 0 fully saturated rings. The maximum Gasteiger partial charge on any atom is 1.00 e. The van der Waals surface area contributed by atoms with Crippen LogP contribution in [0.3, 0.4) is 0 Å². The van der Waals surface area contributed by atoms with Crippen LogP contribution in [0.2, 0.25) is 0 Å². The summed E-state index contributed by atoms with van der Waals surface area (Å²) in [4.78, 5) is 12.0. The molecule has 0 aromatic carbocycles. The zero-order valence-electron chi connectivity index (χ0n) is 7.55. The zero-order valence-corrected chi connectivity index (χ0v) is 8.55. The summed E-state index contributed by atoms with van der Waals surface area (Å²) in [6, 6.07) is 0. The first kappa shape index (κ1) is 12.3. The topological polar surface area (TPSA) is 20.3 Å². The van der Waals surface area contributed by atoms with Gasteiger partial charge in [0.05, 0.1) is 6.54 Å². The first-order valence-electron chi connectivity index (χ1n) is 3.01. The molecule has 0 aliphatic heterocycles. The third kappa shape index (κ3) is 6.52. The van der Waals surface area contributed by atoms with Gasteiger partial charge in [-0.2, -0.15) is 0 Å². The van der Waals surface area contributed by atoms with Crippen LogP contribution in [0, 0.1) is 0 Å². The average Bonchev–Trinajstić information content (AvgIpc) is 1.83. The predicted octanol–water partition coefficient (Wildman–Crippen LogP) is -2.36. The molecule has 0 atom stereocenters. The quantitative estimate of drug-likeness (QED) is 0.321. The Bertz CT molecular complexity index is 68.8. The Kier molecular flexibility index (Phi) is 11.8. The van der Waals surface area contributed by atoms with Gasteiger partial charge in [-0.3, -0.25) is 4.90 Å². The maximum absolute atomic E-state index is 9.89. The number of hydrogen-bond donors (Lipinski definition) is 0. The van der Waals surface area contributed by atoms with Crippen molar-refractivity contribution in [3.63, 3.8) is 0 Å². The van der Waals surface area contributed by atoms with E-state index in [1.807, 2.05) is 13.8 Å². The van der Waals surface area contributed by atoms with E-state index in [-0.39, 0.29) is 31.0 Å². The van der Waals surface area contributed by atoms with Crippen molar-refractivity contribution in [3.8, 4) is 0 Å². The number of carbonyl (C=O) groups excluding carboxylic acids is 1. The van der Waals surface area contributed by atoms with Crippen LogP contribution >= 0.6 is 0 Å². The van der Waals surface area contributed by atoms with Gasteiger partial charge in [-0.15, -0.1) is 0 Å². The molecule has 0 aliphatic rings. The molecule has 9 heavy (non-hydrogen) atoms. The van der Waals surface area contributed by atoms with E-state index >= 15 is 0 Å². The second-order valence-corrected chi connectivity index (χ2v) is 1.65. The van der Waals surface area contributed by atoms with Crippen molar-refractivity contribution >= 4 is 6.29 Å². The Morgan fingerprint density at radius 1 is 1.44 bits per heavy atom. The van der Waals surface area contributed by atoms with Crippen LogP contribution in [0.25, 0.3) is 0 Å². The summed E-state index contributed by atoms with van der Waals surface area (Å²) in [6.45, 7) is 6.61. The number of nitrogens with zero attached hydrogens (tertiary/aromatic N) is 1. The molecule has 0 saturated carbocycles. The Labute approximate surface area is 80.4 Å². The van der Waals surface area contributed by atoms with Crippen molar-refractivity contribution < 1.29 is 35.8 Å². The number of aldehydes is 1. The fourth-order valence-electron chi connectivity index (χ4n) is 0.587. The number of carbonyl (C=O) groups is 1. The fraction of sp³-hybridized carbons (Fsp3) is 0.833. The molecular formula is C6H14NNaO.